The van der Waals surface area contributed by atoms with Crippen LogP contribution in [0.3, 0.4) is 0 Å². The van der Waals surface area contributed by atoms with Gasteiger partial charge in [-0.15, -0.1) is 10.2 Å². The second-order valence-electron chi connectivity index (χ2n) is 6.78. The molecule has 4 rings (SSSR count). The molecule has 1 atom stereocenters. The van der Waals surface area contributed by atoms with Crippen molar-refractivity contribution < 1.29 is 5.11 Å². The highest BCUT2D eigenvalue weighted by molar-refractivity contribution is 5.49. The number of anilines is 2. The molecule has 0 bridgehead atoms. The molecule has 2 aromatic heterocycles. The fourth-order valence-corrected chi connectivity index (χ4v) is 3.77. The quantitative estimate of drug-likeness (QED) is 0.847. The number of rotatable bonds is 5. The topological polar surface area (TPSA) is 92.0 Å². The maximum atomic E-state index is 9.51. The number of aryl methyl sites for hydroxylation is 1. The summed E-state index contributed by atoms with van der Waals surface area (Å²) in [6, 6.07) is 2.11. The Morgan fingerprint density at radius 2 is 2.08 bits per heavy atom. The van der Waals surface area contributed by atoms with E-state index in [-0.39, 0.29) is 12.6 Å². The van der Waals surface area contributed by atoms with Crippen molar-refractivity contribution in [1.29, 1.82) is 0 Å². The molecule has 0 spiro atoms. The number of nitrogens with zero attached hydrogens (tertiary/aromatic N) is 6. The van der Waals surface area contributed by atoms with Gasteiger partial charge in [0.2, 0.25) is 0 Å². The van der Waals surface area contributed by atoms with Gasteiger partial charge in [-0.2, -0.15) is 0 Å². The third-order valence-corrected chi connectivity index (χ3v) is 5.15. The van der Waals surface area contributed by atoms with Crippen LogP contribution >= 0.6 is 0 Å². The lowest BCUT2D eigenvalue weighted by molar-refractivity contribution is 0.266. The van der Waals surface area contributed by atoms with E-state index in [1.54, 1.807) is 6.33 Å². The highest BCUT2D eigenvalue weighted by atomic mass is 16.3. The molecule has 4 heterocycles. The van der Waals surface area contributed by atoms with Crippen LogP contribution in [0.2, 0.25) is 0 Å². The van der Waals surface area contributed by atoms with Crippen molar-refractivity contribution >= 4 is 11.6 Å². The average molecular weight is 343 g/mol. The zero-order chi connectivity index (χ0) is 17.1. The van der Waals surface area contributed by atoms with Gasteiger partial charge in [0.25, 0.3) is 0 Å². The van der Waals surface area contributed by atoms with E-state index < -0.39 is 0 Å². The molecule has 0 saturated carbocycles. The first-order valence-electron chi connectivity index (χ1n) is 9.19. The van der Waals surface area contributed by atoms with E-state index in [4.69, 9.17) is 0 Å². The van der Waals surface area contributed by atoms with Crippen molar-refractivity contribution in [2.75, 3.05) is 23.4 Å². The number of aliphatic hydroxyl groups is 1. The van der Waals surface area contributed by atoms with E-state index in [0.29, 0.717) is 6.54 Å². The molecule has 8 heteroatoms. The fourth-order valence-electron chi connectivity index (χ4n) is 3.77. The van der Waals surface area contributed by atoms with E-state index in [2.05, 4.69) is 34.9 Å². The number of hydrogen-bond acceptors (Lipinski definition) is 7. The van der Waals surface area contributed by atoms with Crippen LogP contribution in [0.5, 0.6) is 0 Å². The second-order valence-corrected chi connectivity index (χ2v) is 6.78. The van der Waals surface area contributed by atoms with Gasteiger partial charge in [0.15, 0.2) is 5.82 Å². The summed E-state index contributed by atoms with van der Waals surface area (Å²) in [6.07, 6.45) is 8.33. The van der Waals surface area contributed by atoms with Crippen LogP contribution in [0, 0.1) is 0 Å². The van der Waals surface area contributed by atoms with Crippen molar-refractivity contribution in [3.05, 3.63) is 24.0 Å². The minimum atomic E-state index is 0.162. The van der Waals surface area contributed by atoms with Gasteiger partial charge in [0, 0.05) is 25.6 Å². The molecule has 0 aliphatic carbocycles. The maximum Gasteiger partial charge on any atom is 0.152 e. The average Bonchev–Trinajstić information content (AvgIpc) is 3.21. The Kier molecular flexibility index (Phi) is 4.78. The second kappa shape index (κ2) is 7.35. The van der Waals surface area contributed by atoms with Crippen LogP contribution in [-0.2, 0) is 19.5 Å². The zero-order valence-corrected chi connectivity index (χ0v) is 14.4. The lowest BCUT2D eigenvalue weighted by Crippen LogP contribution is -2.32. The Morgan fingerprint density at radius 3 is 3.00 bits per heavy atom. The van der Waals surface area contributed by atoms with Crippen molar-refractivity contribution in [2.45, 2.75) is 57.7 Å². The normalized spacial score (nSPS) is 20.4. The molecule has 134 valence electrons. The Morgan fingerprint density at radius 1 is 1.12 bits per heavy atom. The molecule has 1 unspecified atom stereocenters. The summed E-state index contributed by atoms with van der Waals surface area (Å²) in [5, 5.41) is 21.5. The van der Waals surface area contributed by atoms with Crippen molar-refractivity contribution in [3.63, 3.8) is 0 Å². The predicted octanol–water partition coefficient (Wildman–Crippen LogP) is 1.37. The van der Waals surface area contributed by atoms with Crippen molar-refractivity contribution in [3.8, 4) is 0 Å². The molecule has 2 aromatic rings. The lowest BCUT2D eigenvalue weighted by Gasteiger charge is -2.24. The SMILES string of the molecule is OCC1CCCN1c1cc(NCc2nnc3n2CCCCC3)ncn1. The van der Waals surface area contributed by atoms with E-state index in [0.717, 1.165) is 55.6 Å². The Bertz CT molecular complexity index is 717. The minimum absolute atomic E-state index is 0.162. The van der Waals surface area contributed by atoms with Gasteiger partial charge in [-0.3, -0.25) is 0 Å². The van der Waals surface area contributed by atoms with Crippen LogP contribution in [0.4, 0.5) is 11.6 Å². The van der Waals surface area contributed by atoms with Crippen molar-refractivity contribution in [2.24, 2.45) is 0 Å². The smallest absolute Gasteiger partial charge is 0.152 e. The Hall–Kier alpha value is -2.22. The number of fused-ring (bicyclic) bond motifs is 1. The van der Waals surface area contributed by atoms with E-state index in [1.807, 2.05) is 6.07 Å². The zero-order valence-electron chi connectivity index (χ0n) is 14.4. The number of aliphatic hydroxyl groups excluding tert-OH is 1. The summed E-state index contributed by atoms with van der Waals surface area (Å²) in [6.45, 7) is 2.70. The molecular formula is C17H25N7O. The van der Waals surface area contributed by atoms with Gasteiger partial charge in [0.1, 0.15) is 23.8 Å². The molecular weight excluding hydrogens is 318 g/mol. The first kappa shape index (κ1) is 16.3. The molecule has 0 radical (unpaired) electrons. The monoisotopic (exact) mass is 343 g/mol. The van der Waals surface area contributed by atoms with Gasteiger partial charge in [0.05, 0.1) is 19.2 Å². The maximum absolute atomic E-state index is 9.51. The third-order valence-electron chi connectivity index (χ3n) is 5.15. The summed E-state index contributed by atoms with van der Waals surface area (Å²) in [7, 11) is 0. The van der Waals surface area contributed by atoms with Gasteiger partial charge < -0.3 is 19.9 Å². The molecule has 0 amide bonds. The molecule has 2 aliphatic heterocycles. The molecule has 2 aliphatic rings. The number of nitrogens with one attached hydrogen (secondary N) is 1. The van der Waals surface area contributed by atoms with E-state index >= 15 is 0 Å². The summed E-state index contributed by atoms with van der Waals surface area (Å²) < 4.78 is 2.24. The summed E-state index contributed by atoms with van der Waals surface area (Å²) in [4.78, 5) is 10.9. The van der Waals surface area contributed by atoms with Gasteiger partial charge in [-0.25, -0.2) is 9.97 Å². The summed E-state index contributed by atoms with van der Waals surface area (Å²) >= 11 is 0. The van der Waals surface area contributed by atoms with Gasteiger partial charge in [-0.05, 0) is 25.7 Å². The Balaban J connectivity index is 1.45. The first-order chi connectivity index (χ1) is 12.3. The molecule has 25 heavy (non-hydrogen) atoms. The molecule has 2 N–H and O–H groups in total. The lowest BCUT2D eigenvalue weighted by atomic mass is 10.2. The first-order valence-corrected chi connectivity index (χ1v) is 9.19. The Labute approximate surface area is 147 Å². The van der Waals surface area contributed by atoms with Crippen molar-refractivity contribution in [1.82, 2.24) is 24.7 Å². The standard InChI is InChI=1S/C17H25N7O/c25-11-13-5-4-8-23(13)16-9-14(19-12-20-16)18-10-17-22-21-15-6-2-1-3-7-24(15)17/h9,12-13,25H,1-8,10-11H2,(H,18,19,20). The molecule has 8 nitrogen and oxygen atoms in total. The van der Waals surface area contributed by atoms with Crippen LogP contribution in [0.25, 0.3) is 0 Å². The summed E-state index contributed by atoms with van der Waals surface area (Å²) in [5.41, 5.74) is 0. The largest absolute Gasteiger partial charge is 0.394 e. The van der Waals surface area contributed by atoms with Crippen LogP contribution < -0.4 is 10.2 Å². The summed E-state index contributed by atoms with van der Waals surface area (Å²) in [5.74, 6) is 3.71. The van der Waals surface area contributed by atoms with Gasteiger partial charge in [-0.1, -0.05) is 6.42 Å². The molecule has 0 aromatic carbocycles. The van der Waals surface area contributed by atoms with Crippen LogP contribution in [0.15, 0.2) is 12.4 Å². The number of aromatic nitrogens is 5. The van der Waals surface area contributed by atoms with Gasteiger partial charge >= 0.3 is 0 Å². The highest BCUT2D eigenvalue weighted by Gasteiger charge is 2.25. The van der Waals surface area contributed by atoms with Crippen LogP contribution in [-0.4, -0.2) is 49.0 Å². The predicted molar refractivity (Wildman–Crippen MR) is 94.4 cm³/mol. The van der Waals surface area contributed by atoms with E-state index in [9.17, 15) is 5.11 Å². The molecule has 1 fully saturated rings. The van der Waals surface area contributed by atoms with E-state index in [1.165, 1.54) is 19.3 Å². The number of hydrogen-bond donors (Lipinski definition) is 2. The van der Waals surface area contributed by atoms with Crippen LogP contribution in [0.1, 0.15) is 43.8 Å². The molecule has 1 saturated heterocycles. The minimum Gasteiger partial charge on any atom is -0.394 e. The third kappa shape index (κ3) is 3.44. The highest BCUT2D eigenvalue weighted by Crippen LogP contribution is 2.24. The fraction of sp³-hybridized carbons (Fsp3) is 0.647.